The van der Waals surface area contributed by atoms with Crippen LogP contribution >= 0.6 is 11.6 Å². The average molecular weight is 459 g/mol. The monoisotopic (exact) mass is 458 g/mol. The second-order valence-corrected chi connectivity index (χ2v) is 8.07. The van der Waals surface area contributed by atoms with E-state index >= 15 is 0 Å². The van der Waals surface area contributed by atoms with Crippen LogP contribution in [-0.2, 0) is 14.4 Å². The highest BCUT2D eigenvalue weighted by molar-refractivity contribution is 6.30. The average Bonchev–Trinajstić information content (AvgIpc) is 3.33. The maximum atomic E-state index is 14.0. The number of ether oxygens (including phenoxy) is 1. The van der Waals surface area contributed by atoms with Gasteiger partial charge < -0.3 is 24.6 Å². The van der Waals surface area contributed by atoms with Crippen molar-refractivity contribution in [2.45, 2.75) is 12.5 Å². The number of hydrogen-bond acceptors (Lipinski definition) is 8. The molecule has 5 rings (SSSR count). The molecule has 0 aliphatic carbocycles. The van der Waals surface area contributed by atoms with Gasteiger partial charge in [-0.3, -0.25) is 0 Å². The molecule has 166 valence electrons. The summed E-state index contributed by atoms with van der Waals surface area (Å²) in [6, 6.07) is 10.5. The van der Waals surface area contributed by atoms with Crippen molar-refractivity contribution < 1.29 is 23.2 Å². The summed E-state index contributed by atoms with van der Waals surface area (Å²) in [5, 5.41) is 10.5. The van der Waals surface area contributed by atoms with E-state index in [0.29, 0.717) is 54.6 Å². The number of oxazole rings is 1. The third-order valence-electron chi connectivity index (χ3n) is 5.50. The highest BCUT2D eigenvalue weighted by atomic mass is 35.5. The van der Waals surface area contributed by atoms with Crippen LogP contribution in [0.3, 0.4) is 0 Å². The van der Waals surface area contributed by atoms with Crippen molar-refractivity contribution in [3.05, 3.63) is 58.4 Å². The first-order valence-electron chi connectivity index (χ1n) is 10.3. The zero-order valence-corrected chi connectivity index (χ0v) is 17.7. The summed E-state index contributed by atoms with van der Waals surface area (Å²) in [5.41, 5.74) is 3.11. The standard InChI is InChI=1S/C22H20ClFN4O4/c23-15-5-4-12(8-16(15)24)21-13(10-25-6-7-30-21)11-26-22-27-20-14(2-1-3-18(20)31-22)17-9-19(29)32-28-17/h1-5,8,13,21,25H,6-7,9-11H2,(H,26,27)/t13-,21-/m0/s1. The van der Waals surface area contributed by atoms with Gasteiger partial charge >= 0.3 is 5.97 Å². The molecule has 1 fully saturated rings. The number of nitrogens with one attached hydrogen (secondary N) is 2. The molecule has 0 spiro atoms. The normalized spacial score (nSPS) is 21.3. The molecule has 3 heterocycles. The zero-order valence-electron chi connectivity index (χ0n) is 16.9. The second kappa shape index (κ2) is 8.85. The first kappa shape index (κ1) is 20.9. The second-order valence-electron chi connectivity index (χ2n) is 7.66. The van der Waals surface area contributed by atoms with Crippen molar-refractivity contribution in [2.24, 2.45) is 11.1 Å². The molecule has 2 atom stereocenters. The summed E-state index contributed by atoms with van der Waals surface area (Å²) in [5.74, 6) is -0.886. The fourth-order valence-electron chi connectivity index (χ4n) is 3.95. The van der Waals surface area contributed by atoms with E-state index in [1.54, 1.807) is 18.2 Å². The molecule has 0 bridgehead atoms. The fourth-order valence-corrected chi connectivity index (χ4v) is 4.07. The van der Waals surface area contributed by atoms with Crippen LogP contribution in [0.25, 0.3) is 11.1 Å². The molecule has 2 aliphatic heterocycles. The lowest BCUT2D eigenvalue weighted by Gasteiger charge is -2.25. The first-order valence-corrected chi connectivity index (χ1v) is 10.6. The molecule has 2 aromatic carbocycles. The molecule has 8 nitrogen and oxygen atoms in total. The highest BCUT2D eigenvalue weighted by Crippen LogP contribution is 2.31. The number of nitrogens with zero attached hydrogens (tertiary/aromatic N) is 2. The first-order chi connectivity index (χ1) is 15.6. The topological polar surface area (TPSA) is 98.0 Å². The lowest BCUT2D eigenvalue weighted by molar-refractivity contribution is -0.140. The Kier molecular flexibility index (Phi) is 5.77. The summed E-state index contributed by atoms with van der Waals surface area (Å²) in [6.45, 7) is 2.37. The van der Waals surface area contributed by atoms with Crippen LogP contribution in [0.1, 0.15) is 23.7 Å². The Labute approximate surface area is 187 Å². The van der Waals surface area contributed by atoms with Crippen LogP contribution in [0.4, 0.5) is 10.4 Å². The number of benzene rings is 2. The van der Waals surface area contributed by atoms with Crippen LogP contribution in [-0.4, -0.2) is 42.9 Å². The van der Waals surface area contributed by atoms with Gasteiger partial charge in [-0.15, -0.1) is 0 Å². The molecular weight excluding hydrogens is 439 g/mol. The summed E-state index contributed by atoms with van der Waals surface area (Å²) in [7, 11) is 0. The van der Waals surface area contributed by atoms with Gasteiger partial charge in [0, 0.05) is 31.1 Å². The van der Waals surface area contributed by atoms with Gasteiger partial charge in [0.15, 0.2) is 5.58 Å². The van der Waals surface area contributed by atoms with Crippen molar-refractivity contribution in [1.29, 1.82) is 0 Å². The van der Waals surface area contributed by atoms with Crippen molar-refractivity contribution in [1.82, 2.24) is 10.3 Å². The van der Waals surface area contributed by atoms with Gasteiger partial charge in [-0.05, 0) is 23.8 Å². The Morgan fingerprint density at radius 1 is 1.28 bits per heavy atom. The number of carbonyl (C=O) groups is 1. The molecule has 1 aromatic heterocycles. The van der Waals surface area contributed by atoms with E-state index in [4.69, 9.17) is 25.6 Å². The van der Waals surface area contributed by atoms with Crippen molar-refractivity contribution in [3.63, 3.8) is 0 Å². The number of rotatable bonds is 5. The number of halogens is 2. The summed E-state index contributed by atoms with van der Waals surface area (Å²) >= 11 is 5.84. The third kappa shape index (κ3) is 4.19. The smallest absolute Gasteiger partial charge is 0.341 e. The molecule has 2 N–H and O–H groups in total. The van der Waals surface area contributed by atoms with Crippen LogP contribution in [0, 0.1) is 11.7 Å². The number of hydrogen-bond donors (Lipinski definition) is 2. The van der Waals surface area contributed by atoms with Crippen LogP contribution in [0.5, 0.6) is 0 Å². The van der Waals surface area contributed by atoms with E-state index in [-0.39, 0.29) is 23.5 Å². The number of aromatic nitrogens is 1. The molecule has 0 unspecified atom stereocenters. The lowest BCUT2D eigenvalue weighted by atomic mass is 9.95. The number of anilines is 1. The largest absolute Gasteiger partial charge is 0.424 e. The Morgan fingerprint density at radius 2 is 2.19 bits per heavy atom. The predicted molar refractivity (Wildman–Crippen MR) is 116 cm³/mol. The molecule has 3 aromatic rings. The van der Waals surface area contributed by atoms with Gasteiger partial charge in [0.25, 0.3) is 6.01 Å². The summed E-state index contributed by atoms with van der Waals surface area (Å²) in [6.07, 6.45) is -0.223. The Hall–Kier alpha value is -3.01. The maximum Gasteiger partial charge on any atom is 0.341 e. The Balaban J connectivity index is 1.36. The van der Waals surface area contributed by atoms with Gasteiger partial charge in [0.05, 0.1) is 24.2 Å². The molecule has 0 saturated carbocycles. The molecule has 2 aliphatic rings. The third-order valence-corrected chi connectivity index (χ3v) is 5.80. The minimum atomic E-state index is -0.472. The van der Waals surface area contributed by atoms with Crippen molar-refractivity contribution in [3.8, 4) is 0 Å². The quantitative estimate of drug-likeness (QED) is 0.563. The minimum Gasteiger partial charge on any atom is -0.424 e. The molecule has 0 radical (unpaired) electrons. The SMILES string of the molecule is O=C1CC(c2cccc3oc(NC[C@@H]4CNCCO[C@H]4c4ccc(Cl)c(F)c4)nc23)=NO1. The Morgan fingerprint density at radius 3 is 3.00 bits per heavy atom. The number of carbonyl (C=O) groups excluding carboxylic acids is 1. The van der Waals surface area contributed by atoms with E-state index in [1.807, 2.05) is 12.1 Å². The van der Waals surface area contributed by atoms with Crippen molar-refractivity contribution in [2.75, 3.05) is 31.6 Å². The van der Waals surface area contributed by atoms with Crippen LogP contribution in [0.2, 0.25) is 5.02 Å². The number of fused-ring (bicyclic) bond motifs is 1. The maximum absolute atomic E-state index is 14.0. The van der Waals surface area contributed by atoms with Gasteiger partial charge in [-0.25, -0.2) is 9.18 Å². The molecule has 1 saturated heterocycles. The van der Waals surface area contributed by atoms with E-state index in [1.165, 1.54) is 6.07 Å². The van der Waals surface area contributed by atoms with Crippen LogP contribution in [0.15, 0.2) is 46.0 Å². The van der Waals surface area contributed by atoms with E-state index < -0.39 is 11.8 Å². The van der Waals surface area contributed by atoms with E-state index in [2.05, 4.69) is 20.8 Å². The summed E-state index contributed by atoms with van der Waals surface area (Å²) in [4.78, 5) is 20.7. The van der Waals surface area contributed by atoms with Crippen molar-refractivity contribution >= 4 is 40.4 Å². The molecular formula is C22H20ClFN4O4. The van der Waals surface area contributed by atoms with Gasteiger partial charge in [0.2, 0.25) is 0 Å². The number of para-hydroxylation sites is 1. The van der Waals surface area contributed by atoms with Gasteiger partial charge in [0.1, 0.15) is 17.0 Å². The van der Waals surface area contributed by atoms with E-state index in [9.17, 15) is 9.18 Å². The number of oxime groups is 1. The predicted octanol–water partition coefficient (Wildman–Crippen LogP) is 3.66. The molecule has 0 amide bonds. The van der Waals surface area contributed by atoms with Crippen LogP contribution < -0.4 is 10.6 Å². The van der Waals surface area contributed by atoms with E-state index in [0.717, 1.165) is 5.56 Å². The minimum absolute atomic E-state index is 0.0159. The molecule has 10 heteroatoms. The summed E-state index contributed by atoms with van der Waals surface area (Å²) < 4.78 is 25.9. The zero-order chi connectivity index (χ0) is 22.1. The van der Waals surface area contributed by atoms with Gasteiger partial charge in [-0.1, -0.05) is 35.0 Å². The molecule has 32 heavy (non-hydrogen) atoms. The van der Waals surface area contributed by atoms with Gasteiger partial charge in [-0.2, -0.15) is 4.98 Å². The highest BCUT2D eigenvalue weighted by Gasteiger charge is 2.28. The lowest BCUT2D eigenvalue weighted by Crippen LogP contribution is -2.30. The fraction of sp³-hybridized carbons (Fsp3) is 0.318. The Bertz CT molecular complexity index is 1200.